The number of rotatable bonds is 8. The van der Waals surface area contributed by atoms with Gasteiger partial charge in [-0.1, -0.05) is 12.8 Å². The quantitative estimate of drug-likeness (QED) is 0.504. The summed E-state index contributed by atoms with van der Waals surface area (Å²) in [5.41, 5.74) is 0. The van der Waals surface area contributed by atoms with Crippen LogP contribution in [0.4, 0.5) is 4.79 Å². The van der Waals surface area contributed by atoms with E-state index in [2.05, 4.69) is 15.5 Å². The van der Waals surface area contributed by atoms with Gasteiger partial charge in [-0.2, -0.15) is 0 Å². The molecule has 21 heavy (non-hydrogen) atoms. The van der Waals surface area contributed by atoms with Gasteiger partial charge in [0.25, 0.3) is 0 Å². The third-order valence-electron chi connectivity index (χ3n) is 3.68. The second kappa shape index (κ2) is 8.46. The van der Waals surface area contributed by atoms with Crippen LogP contribution in [-0.4, -0.2) is 65.3 Å². The molecule has 0 saturated heterocycles. The van der Waals surface area contributed by atoms with E-state index >= 15 is 0 Å². The summed E-state index contributed by atoms with van der Waals surface area (Å²) < 4.78 is 0. The highest BCUT2D eigenvalue weighted by molar-refractivity contribution is 5.86. The molecule has 8 heteroatoms. The molecule has 1 atom stereocenters. The van der Waals surface area contributed by atoms with Crippen molar-refractivity contribution in [1.29, 1.82) is 0 Å². The molecule has 0 aromatic heterocycles. The molecular formula is C13H23N3O5. The summed E-state index contributed by atoms with van der Waals surface area (Å²) in [5.74, 6) is -2.64. The van der Waals surface area contributed by atoms with Crippen molar-refractivity contribution in [2.75, 3.05) is 20.1 Å². The van der Waals surface area contributed by atoms with Crippen molar-refractivity contribution in [3.8, 4) is 0 Å². The molecule has 1 aliphatic rings. The summed E-state index contributed by atoms with van der Waals surface area (Å²) in [6.45, 7) is 1.06. The van der Waals surface area contributed by atoms with Crippen molar-refractivity contribution < 1.29 is 24.6 Å². The first kappa shape index (κ1) is 17.2. The number of hydrogen-bond acceptors (Lipinski definition) is 4. The minimum Gasteiger partial charge on any atom is -0.481 e. The molecule has 1 aliphatic carbocycles. The van der Waals surface area contributed by atoms with E-state index < -0.39 is 30.4 Å². The van der Waals surface area contributed by atoms with E-state index in [1.807, 2.05) is 7.05 Å². The summed E-state index contributed by atoms with van der Waals surface area (Å²) in [4.78, 5) is 35.0. The Labute approximate surface area is 123 Å². The second-order valence-electron chi connectivity index (χ2n) is 5.31. The standard InChI is InChI=1S/C13H23N3O5/c1-16(9-4-2-3-5-9)7-6-14-13(21)15-10(12(19)20)8-11(17)18/h9-10H,2-8H2,1H3,(H,17,18)(H,19,20)(H2,14,15,21). The Balaban J connectivity index is 2.25. The molecule has 0 spiro atoms. The molecular weight excluding hydrogens is 278 g/mol. The van der Waals surface area contributed by atoms with Crippen molar-refractivity contribution in [2.45, 2.75) is 44.2 Å². The van der Waals surface area contributed by atoms with Crippen LogP contribution < -0.4 is 10.6 Å². The van der Waals surface area contributed by atoms with Crippen molar-refractivity contribution in [2.24, 2.45) is 0 Å². The van der Waals surface area contributed by atoms with E-state index in [0.29, 0.717) is 19.1 Å². The topological polar surface area (TPSA) is 119 Å². The highest BCUT2D eigenvalue weighted by atomic mass is 16.4. The predicted octanol–water partition coefficient (Wildman–Crippen LogP) is 0.0879. The number of urea groups is 1. The molecule has 120 valence electrons. The lowest BCUT2D eigenvalue weighted by molar-refractivity contribution is -0.145. The summed E-state index contributed by atoms with van der Waals surface area (Å²) in [5, 5.41) is 22.1. The molecule has 1 unspecified atom stereocenters. The Kier molecular flexibility index (Phi) is 6.93. The van der Waals surface area contributed by atoms with E-state index in [1.54, 1.807) is 0 Å². The van der Waals surface area contributed by atoms with Crippen LogP contribution in [0.2, 0.25) is 0 Å². The first-order chi connectivity index (χ1) is 9.90. The molecule has 4 N–H and O–H groups in total. The van der Waals surface area contributed by atoms with Crippen LogP contribution in [0.1, 0.15) is 32.1 Å². The van der Waals surface area contributed by atoms with E-state index in [-0.39, 0.29) is 0 Å². The van der Waals surface area contributed by atoms with E-state index in [0.717, 1.165) is 0 Å². The maximum atomic E-state index is 11.5. The maximum absolute atomic E-state index is 11.5. The van der Waals surface area contributed by atoms with Crippen LogP contribution in [0.15, 0.2) is 0 Å². The lowest BCUT2D eigenvalue weighted by atomic mass is 10.2. The number of amides is 2. The van der Waals surface area contributed by atoms with Gasteiger partial charge in [-0.05, 0) is 19.9 Å². The number of aliphatic carboxylic acids is 2. The average Bonchev–Trinajstić information content (AvgIpc) is 2.91. The normalized spacial score (nSPS) is 16.7. The van der Waals surface area contributed by atoms with Gasteiger partial charge in [0.15, 0.2) is 0 Å². The molecule has 0 aromatic rings. The third kappa shape index (κ3) is 6.44. The summed E-state index contributed by atoms with van der Waals surface area (Å²) in [6.07, 6.45) is 4.16. The van der Waals surface area contributed by atoms with Gasteiger partial charge < -0.3 is 25.7 Å². The Bertz CT molecular complexity index is 382. The van der Waals surface area contributed by atoms with E-state index in [4.69, 9.17) is 10.2 Å². The van der Waals surface area contributed by atoms with E-state index in [9.17, 15) is 14.4 Å². The second-order valence-corrected chi connectivity index (χ2v) is 5.31. The lowest BCUT2D eigenvalue weighted by Crippen LogP contribution is -2.48. The maximum Gasteiger partial charge on any atom is 0.326 e. The highest BCUT2D eigenvalue weighted by Crippen LogP contribution is 2.21. The molecule has 0 heterocycles. The van der Waals surface area contributed by atoms with Gasteiger partial charge in [0.2, 0.25) is 0 Å². The van der Waals surface area contributed by atoms with Crippen LogP contribution in [-0.2, 0) is 9.59 Å². The molecule has 0 radical (unpaired) electrons. The monoisotopic (exact) mass is 301 g/mol. The zero-order chi connectivity index (χ0) is 15.8. The van der Waals surface area contributed by atoms with Crippen LogP contribution in [0, 0.1) is 0 Å². The molecule has 0 aliphatic heterocycles. The Morgan fingerprint density at radius 3 is 2.38 bits per heavy atom. The molecule has 0 aromatic carbocycles. The molecule has 0 bridgehead atoms. The third-order valence-corrected chi connectivity index (χ3v) is 3.68. The summed E-state index contributed by atoms with van der Waals surface area (Å²) in [6, 6.07) is -1.54. The smallest absolute Gasteiger partial charge is 0.326 e. The van der Waals surface area contributed by atoms with Gasteiger partial charge in [0, 0.05) is 19.1 Å². The van der Waals surface area contributed by atoms with Gasteiger partial charge >= 0.3 is 18.0 Å². The number of carboxylic acids is 2. The molecule has 1 saturated carbocycles. The van der Waals surface area contributed by atoms with Crippen LogP contribution in [0.3, 0.4) is 0 Å². The van der Waals surface area contributed by atoms with Crippen molar-refractivity contribution in [3.05, 3.63) is 0 Å². The molecule has 2 amide bonds. The van der Waals surface area contributed by atoms with Crippen LogP contribution in [0.25, 0.3) is 0 Å². The SMILES string of the molecule is CN(CCNC(=O)NC(CC(=O)O)C(=O)O)C1CCCC1. The number of nitrogens with zero attached hydrogens (tertiary/aromatic N) is 1. The highest BCUT2D eigenvalue weighted by Gasteiger charge is 2.23. The van der Waals surface area contributed by atoms with Gasteiger partial charge in [0.05, 0.1) is 6.42 Å². The van der Waals surface area contributed by atoms with Gasteiger partial charge in [-0.15, -0.1) is 0 Å². The first-order valence-electron chi connectivity index (χ1n) is 7.09. The van der Waals surface area contributed by atoms with Gasteiger partial charge in [-0.25, -0.2) is 9.59 Å². The number of likely N-dealkylation sites (N-methyl/N-ethyl adjacent to an activating group) is 1. The number of carboxylic acid groups (broad SMARTS) is 2. The molecule has 1 fully saturated rings. The predicted molar refractivity (Wildman–Crippen MR) is 75.1 cm³/mol. The Morgan fingerprint density at radius 2 is 1.86 bits per heavy atom. The Morgan fingerprint density at radius 1 is 1.24 bits per heavy atom. The first-order valence-corrected chi connectivity index (χ1v) is 7.09. The average molecular weight is 301 g/mol. The number of carbonyl (C=O) groups is 3. The zero-order valence-corrected chi connectivity index (χ0v) is 12.2. The fraction of sp³-hybridized carbons (Fsp3) is 0.769. The van der Waals surface area contributed by atoms with Gasteiger partial charge in [0.1, 0.15) is 6.04 Å². The number of carbonyl (C=O) groups excluding carboxylic acids is 1. The van der Waals surface area contributed by atoms with Crippen molar-refractivity contribution in [3.63, 3.8) is 0 Å². The van der Waals surface area contributed by atoms with Gasteiger partial charge in [-0.3, -0.25) is 4.79 Å². The largest absolute Gasteiger partial charge is 0.481 e. The summed E-state index contributed by atoms with van der Waals surface area (Å²) in [7, 11) is 2.00. The number of hydrogen-bond donors (Lipinski definition) is 4. The van der Waals surface area contributed by atoms with Crippen LogP contribution in [0.5, 0.6) is 0 Å². The Hall–Kier alpha value is -1.83. The minimum absolute atomic E-state index is 0.387. The fourth-order valence-electron chi connectivity index (χ4n) is 2.46. The van der Waals surface area contributed by atoms with Crippen molar-refractivity contribution in [1.82, 2.24) is 15.5 Å². The molecule has 8 nitrogen and oxygen atoms in total. The lowest BCUT2D eigenvalue weighted by Gasteiger charge is -2.24. The van der Waals surface area contributed by atoms with Crippen molar-refractivity contribution >= 4 is 18.0 Å². The number of nitrogens with one attached hydrogen (secondary N) is 2. The molecule has 1 rings (SSSR count). The minimum atomic E-state index is -1.42. The zero-order valence-electron chi connectivity index (χ0n) is 12.2. The summed E-state index contributed by atoms with van der Waals surface area (Å²) >= 11 is 0. The fourth-order valence-corrected chi connectivity index (χ4v) is 2.46. The van der Waals surface area contributed by atoms with Crippen LogP contribution >= 0.6 is 0 Å². The van der Waals surface area contributed by atoms with E-state index in [1.165, 1.54) is 25.7 Å².